The van der Waals surface area contributed by atoms with Crippen LogP contribution in [0.25, 0.3) is 16.9 Å². The van der Waals surface area contributed by atoms with E-state index in [1.165, 1.54) is 43.1 Å². The van der Waals surface area contributed by atoms with Crippen molar-refractivity contribution in [3.63, 3.8) is 0 Å². The van der Waals surface area contributed by atoms with Crippen LogP contribution in [0.15, 0.2) is 138 Å². The van der Waals surface area contributed by atoms with Crippen molar-refractivity contribution in [1.82, 2.24) is 0 Å². The maximum Gasteiger partial charge on any atom is -0.0184 e. The minimum Gasteiger partial charge on any atom is -0.0622 e. The first-order valence-corrected chi connectivity index (χ1v) is 19.3. The van der Waals surface area contributed by atoms with Crippen LogP contribution in [0.3, 0.4) is 0 Å². The summed E-state index contributed by atoms with van der Waals surface area (Å²) < 4.78 is 17.1. The predicted octanol–water partition coefficient (Wildman–Crippen LogP) is 10.2. The van der Waals surface area contributed by atoms with Crippen LogP contribution in [-0.2, 0) is 21.7 Å². The largest absolute Gasteiger partial charge is 0.0622 e. The monoisotopic (exact) mass is 720 g/mol. The van der Waals surface area contributed by atoms with Gasteiger partial charge >= 0.3 is 107 Å². The number of nitrogens with one attached hydrogen (secondary N) is 1. The molecule has 1 radical (unpaired) electrons. The van der Waals surface area contributed by atoms with Crippen LogP contribution in [0.2, 0.25) is 0 Å². The Balaban J connectivity index is 0.000000142. The fraction of sp³-hybridized carbons (Fsp3) is 0.349. The van der Waals surface area contributed by atoms with E-state index in [2.05, 4.69) is 143 Å². The van der Waals surface area contributed by atoms with Gasteiger partial charge in [-0.05, 0) is 48.6 Å². The quantitative estimate of drug-likeness (QED) is 0.149. The molecule has 0 aliphatic heterocycles. The van der Waals surface area contributed by atoms with Gasteiger partial charge in [0.2, 0.25) is 0 Å². The molecule has 9 rings (SSSR count). The van der Waals surface area contributed by atoms with Gasteiger partial charge in [0.1, 0.15) is 5.67 Å². The van der Waals surface area contributed by atoms with Crippen molar-refractivity contribution in [2.45, 2.75) is 77.4 Å². The molecule has 0 aromatic heterocycles. The van der Waals surface area contributed by atoms with Crippen LogP contribution >= 0.6 is 0 Å². The Bertz CT molecular complexity index is 1480. The zero-order valence-electron chi connectivity index (χ0n) is 28.5. The minimum absolute atomic E-state index is 0. The third-order valence-electron chi connectivity index (χ3n) is 10.0. The van der Waals surface area contributed by atoms with Crippen LogP contribution in [0.1, 0.15) is 66.2 Å². The zero-order chi connectivity index (χ0) is 32.6. The van der Waals surface area contributed by atoms with Crippen molar-refractivity contribution in [2.75, 3.05) is 0 Å². The van der Waals surface area contributed by atoms with Crippen LogP contribution in [-0.4, -0.2) is 26.6 Å². The van der Waals surface area contributed by atoms with Crippen molar-refractivity contribution < 1.29 is 26.1 Å². The Morgan fingerprint density at radius 2 is 1.06 bits per heavy atom. The van der Waals surface area contributed by atoms with E-state index in [1.807, 2.05) is 12.1 Å². The van der Waals surface area contributed by atoms with Gasteiger partial charge in [-0.2, -0.15) is 11.1 Å². The second-order valence-corrected chi connectivity index (χ2v) is 17.3. The summed E-state index contributed by atoms with van der Waals surface area (Å²) in [5.41, 5.74) is 13.6. The number of hydrogen-bond acceptors (Lipinski definition) is 0. The van der Waals surface area contributed by atoms with Gasteiger partial charge in [0, 0.05) is 0 Å². The van der Waals surface area contributed by atoms with E-state index in [4.69, 9.17) is 5.73 Å². The maximum absolute atomic E-state index is 14.0. The molecule has 1 nitrogen and oxygen atoms in total. The Kier molecular flexibility index (Phi) is 13.7. The molecule has 0 amide bonds. The molecule has 241 valence electrons. The summed E-state index contributed by atoms with van der Waals surface area (Å²) in [7, 11) is 0. The molecule has 5 aliphatic rings. The van der Waals surface area contributed by atoms with Crippen molar-refractivity contribution in [3.8, 4) is 11.1 Å². The van der Waals surface area contributed by atoms with Gasteiger partial charge < -0.3 is 5.73 Å². The molecule has 4 fully saturated rings. The summed E-state index contributed by atoms with van der Waals surface area (Å²) in [6.07, 6.45) is 8.61. The predicted molar refractivity (Wildman–Crippen MR) is 197 cm³/mol. The normalized spacial score (nSPS) is 26.3. The standard InChI is InChI=1S/C12H11Ge.C12H10.C10H15FN.C9H13.Ti/c1-3-7-11(8-4-1)13-12-9-5-2-6-10-12;1-3-7-11(8-4-1)12-9-5-2-6-10-12;11-9-2-7-1-8(3-9)5-10(12,4-7)6-9;1-6-5-7(2)9(4)8(6)3;/h1-10,13H;1-10H;7-8,12H,1-6H2;6H,1-4H3;/q;;2*-1;+2. The van der Waals surface area contributed by atoms with E-state index in [9.17, 15) is 4.39 Å². The van der Waals surface area contributed by atoms with Gasteiger partial charge in [0.05, 0.1) is 0 Å². The van der Waals surface area contributed by atoms with E-state index in [0.717, 1.165) is 25.7 Å². The fourth-order valence-corrected chi connectivity index (χ4v) is 10.4. The van der Waals surface area contributed by atoms with Gasteiger partial charge in [-0.3, -0.25) is 6.08 Å². The van der Waals surface area contributed by atoms with Crippen LogP contribution in [0.5, 0.6) is 0 Å². The Morgan fingerprint density at radius 1 is 0.660 bits per heavy atom. The molecule has 0 spiro atoms. The second kappa shape index (κ2) is 17.2. The van der Waals surface area contributed by atoms with E-state index in [-0.39, 0.29) is 27.3 Å². The second-order valence-electron chi connectivity index (χ2n) is 13.9. The van der Waals surface area contributed by atoms with Gasteiger partial charge in [-0.1, -0.05) is 100 Å². The first-order valence-electron chi connectivity index (χ1n) is 16.9. The van der Waals surface area contributed by atoms with Crippen molar-refractivity contribution in [2.24, 2.45) is 17.8 Å². The number of halogens is 1. The Morgan fingerprint density at radius 3 is 1.36 bits per heavy atom. The van der Waals surface area contributed by atoms with Crippen molar-refractivity contribution in [3.05, 3.63) is 150 Å². The Labute approximate surface area is 304 Å². The zero-order valence-corrected chi connectivity index (χ0v) is 32.5. The van der Waals surface area contributed by atoms with Crippen molar-refractivity contribution >= 4 is 24.2 Å². The molecular weight excluding hydrogens is 670 g/mol. The molecular formula is C43H49FGeNTi. The van der Waals surface area contributed by atoms with Crippen LogP contribution in [0.4, 0.5) is 4.39 Å². The number of allylic oxidation sites excluding steroid dienone is 4. The minimum atomic E-state index is -0.925. The molecule has 1 N–H and O–H groups in total. The summed E-state index contributed by atoms with van der Waals surface area (Å²) in [5, 5.41) is 0. The van der Waals surface area contributed by atoms with E-state index in [0.29, 0.717) is 24.2 Å². The molecule has 5 aliphatic carbocycles. The van der Waals surface area contributed by atoms with Gasteiger partial charge in [-0.25, -0.2) is 9.96 Å². The molecule has 4 bridgehead atoms. The third-order valence-corrected chi connectivity index (χ3v) is 13.1. The van der Waals surface area contributed by atoms with Crippen LogP contribution < -0.4 is 8.79 Å². The van der Waals surface area contributed by atoms with Gasteiger partial charge in [0.15, 0.2) is 0 Å². The molecule has 47 heavy (non-hydrogen) atoms. The number of hydrogen-bond donors (Lipinski definition) is 0. The number of alkyl halides is 1. The van der Waals surface area contributed by atoms with E-state index in [1.54, 1.807) is 0 Å². The number of benzene rings is 4. The van der Waals surface area contributed by atoms with E-state index < -0.39 is 21.1 Å². The SMILES string of the molecule is CC1=[C-]C(C)C(C)=C1C.[NH-]C12CC3CC(C1)CC(F)(C3)C2.[Ti+2].c1cc[c]([GeH][c]2ccccc2)cc1.c1ccc(-c2ccccc2)cc1. The molecule has 0 heterocycles. The molecule has 4 heteroatoms. The summed E-state index contributed by atoms with van der Waals surface area (Å²) in [6, 6.07) is 42.3. The van der Waals surface area contributed by atoms with Gasteiger partial charge in [-0.15, -0.1) is 12.5 Å². The topological polar surface area (TPSA) is 23.8 Å². The average molecular weight is 719 g/mol. The van der Waals surface area contributed by atoms with E-state index >= 15 is 0 Å². The molecule has 3 unspecified atom stereocenters. The summed E-state index contributed by atoms with van der Waals surface area (Å²) in [5.74, 6) is 1.66. The third kappa shape index (κ3) is 10.7. The summed E-state index contributed by atoms with van der Waals surface area (Å²) in [6.45, 7) is 8.67. The first kappa shape index (κ1) is 37.3. The molecule has 4 aromatic rings. The Hall–Kier alpha value is -2.49. The fourth-order valence-electron chi connectivity index (χ4n) is 7.86. The summed E-state index contributed by atoms with van der Waals surface area (Å²) >= 11 is -0.392. The smallest absolute Gasteiger partial charge is 0.0184 e. The van der Waals surface area contributed by atoms with Gasteiger partial charge in [0.25, 0.3) is 0 Å². The first-order chi connectivity index (χ1) is 22.1. The van der Waals surface area contributed by atoms with Crippen molar-refractivity contribution in [1.29, 1.82) is 0 Å². The maximum atomic E-state index is 14.0. The molecule has 3 atom stereocenters. The molecule has 0 saturated heterocycles. The van der Waals surface area contributed by atoms with Crippen LogP contribution in [0, 0.1) is 23.8 Å². The molecule has 4 aromatic carbocycles. The average Bonchev–Trinajstić information content (AvgIpc) is 3.27. The molecule has 4 saturated carbocycles. The summed E-state index contributed by atoms with van der Waals surface area (Å²) in [4.78, 5) is 0. The number of rotatable bonds is 3.